The largest absolute Gasteiger partial charge is 0.454 e. The van der Waals surface area contributed by atoms with Crippen molar-refractivity contribution < 1.29 is 13.4 Å². The van der Waals surface area contributed by atoms with Crippen LogP contribution in [0.1, 0.15) is 62.0 Å². The molecule has 2 aliphatic carbocycles. The van der Waals surface area contributed by atoms with Crippen LogP contribution in [0.3, 0.4) is 0 Å². The molecule has 2 nitrogen and oxygen atoms in total. The van der Waals surface area contributed by atoms with Crippen LogP contribution in [-0.2, 0) is 7.05 Å². The highest BCUT2D eigenvalue weighted by Gasteiger charge is 2.35. The van der Waals surface area contributed by atoms with E-state index in [1.165, 1.54) is 50.5 Å². The summed E-state index contributed by atoms with van der Waals surface area (Å²) < 4.78 is 24.2. The van der Waals surface area contributed by atoms with Crippen molar-refractivity contribution in [1.29, 1.82) is 0 Å². The highest BCUT2D eigenvalue weighted by Crippen LogP contribution is 2.48. The van der Waals surface area contributed by atoms with Crippen molar-refractivity contribution in [2.24, 2.45) is 18.9 Å². The summed E-state index contributed by atoms with van der Waals surface area (Å²) in [7, 11) is 2.05. The smallest absolute Gasteiger partial charge is 0.216 e. The Morgan fingerprint density at radius 2 is 1.50 bits per heavy atom. The third-order valence-corrected chi connectivity index (χ3v) is 9.48. The second-order valence-electron chi connectivity index (χ2n) is 11.6. The Morgan fingerprint density at radius 1 is 0.763 bits per heavy atom. The van der Waals surface area contributed by atoms with Crippen LogP contribution in [0.2, 0.25) is 0 Å². The number of benzene rings is 3. The highest BCUT2D eigenvalue weighted by molar-refractivity contribution is 6.13. The lowest BCUT2D eigenvalue weighted by Gasteiger charge is -2.41. The number of aromatic nitrogens is 1. The molecule has 2 heterocycles. The number of fused-ring (bicyclic) bond motifs is 4. The monoisotopic (exact) mass is 504 g/mol. The summed E-state index contributed by atoms with van der Waals surface area (Å²) >= 11 is 0. The average molecular weight is 505 g/mol. The maximum absolute atomic E-state index is 15.5. The predicted molar refractivity (Wildman–Crippen MR) is 153 cm³/mol. The molecule has 0 radical (unpaired) electrons. The molecule has 192 valence electrons. The first-order valence-corrected chi connectivity index (χ1v) is 14.3. The molecule has 2 fully saturated rings. The molecule has 3 atom stereocenters. The molecule has 0 bridgehead atoms. The zero-order valence-electron chi connectivity index (χ0n) is 22.3. The zero-order valence-corrected chi connectivity index (χ0v) is 22.3. The Hall–Kier alpha value is -3.46. The number of furan rings is 1. The number of halogens is 1. The third kappa shape index (κ3) is 3.78. The van der Waals surface area contributed by atoms with Crippen molar-refractivity contribution in [3.05, 3.63) is 89.9 Å². The molecule has 38 heavy (non-hydrogen) atoms. The standard InChI is InChI=1S/C35H35FNO/c1-22-13-18-28-29-19-20-30(36)33(35(29)38-34(28)32(22)31-12-5-6-21-37(31)2)25-16-14-24(15-17-25)27-11-7-9-23-8-3-4-10-26(23)27/h5-6,12-21,23,26-27H,3-4,7-11H2,1-2H3/q+1. The maximum atomic E-state index is 15.5. The molecule has 2 saturated carbocycles. The molecular weight excluding hydrogens is 469 g/mol. The van der Waals surface area contributed by atoms with Gasteiger partial charge in [0.25, 0.3) is 0 Å². The van der Waals surface area contributed by atoms with E-state index in [1.54, 1.807) is 6.07 Å². The van der Waals surface area contributed by atoms with Gasteiger partial charge in [0.15, 0.2) is 6.20 Å². The molecule has 0 aliphatic heterocycles. The van der Waals surface area contributed by atoms with Crippen LogP contribution in [0, 0.1) is 24.6 Å². The van der Waals surface area contributed by atoms with Gasteiger partial charge in [-0.1, -0.05) is 68.5 Å². The van der Waals surface area contributed by atoms with E-state index in [2.05, 4.69) is 54.0 Å². The fourth-order valence-electron chi connectivity index (χ4n) is 7.60. The molecule has 5 aromatic rings. The molecule has 3 heteroatoms. The van der Waals surface area contributed by atoms with Gasteiger partial charge in [-0.2, -0.15) is 0 Å². The van der Waals surface area contributed by atoms with E-state index >= 15 is 4.39 Å². The minimum atomic E-state index is -0.238. The summed E-state index contributed by atoms with van der Waals surface area (Å²) in [6.45, 7) is 2.11. The van der Waals surface area contributed by atoms with Gasteiger partial charge in [-0.3, -0.25) is 0 Å². The first kappa shape index (κ1) is 23.6. The summed E-state index contributed by atoms with van der Waals surface area (Å²) in [4.78, 5) is 0. The number of aryl methyl sites for hydroxylation is 2. The van der Waals surface area contributed by atoms with E-state index < -0.39 is 0 Å². The van der Waals surface area contributed by atoms with Crippen LogP contribution in [0.5, 0.6) is 0 Å². The Morgan fingerprint density at radius 3 is 2.32 bits per heavy atom. The number of hydrogen-bond donors (Lipinski definition) is 0. The van der Waals surface area contributed by atoms with Gasteiger partial charge in [0.2, 0.25) is 5.69 Å². The molecule has 0 N–H and O–H groups in total. The summed E-state index contributed by atoms with van der Waals surface area (Å²) in [5.41, 5.74) is 7.59. The molecule has 2 aromatic heterocycles. The zero-order chi connectivity index (χ0) is 25.8. The number of pyridine rings is 1. The van der Waals surface area contributed by atoms with Gasteiger partial charge < -0.3 is 4.42 Å². The molecule has 0 saturated heterocycles. The van der Waals surface area contributed by atoms with Crippen molar-refractivity contribution in [3.8, 4) is 22.4 Å². The molecule has 3 aromatic carbocycles. The molecule has 7 rings (SSSR count). The van der Waals surface area contributed by atoms with E-state index in [9.17, 15) is 0 Å². The first-order valence-electron chi connectivity index (χ1n) is 14.3. The predicted octanol–water partition coefficient (Wildman–Crippen LogP) is 9.27. The lowest BCUT2D eigenvalue weighted by Crippen LogP contribution is -2.30. The summed E-state index contributed by atoms with van der Waals surface area (Å²) in [6, 6.07) is 22.7. The van der Waals surface area contributed by atoms with Crippen LogP contribution >= 0.6 is 0 Å². The van der Waals surface area contributed by atoms with Gasteiger partial charge in [0, 0.05) is 22.9 Å². The van der Waals surface area contributed by atoms with Crippen LogP contribution in [0.4, 0.5) is 4.39 Å². The normalized spacial score (nSPS) is 21.6. The Bertz CT molecular complexity index is 1650. The summed E-state index contributed by atoms with van der Waals surface area (Å²) in [6.07, 6.45) is 11.6. The van der Waals surface area contributed by atoms with E-state index in [0.29, 0.717) is 17.1 Å². The second kappa shape index (κ2) is 9.38. The third-order valence-electron chi connectivity index (χ3n) is 9.48. The molecule has 3 unspecified atom stereocenters. The first-order chi connectivity index (χ1) is 18.6. The Labute approximate surface area is 224 Å². The van der Waals surface area contributed by atoms with Crippen LogP contribution < -0.4 is 4.57 Å². The fraction of sp³-hybridized carbons (Fsp3) is 0.343. The molecule has 0 spiro atoms. The van der Waals surface area contributed by atoms with E-state index in [-0.39, 0.29) is 5.82 Å². The second-order valence-corrected chi connectivity index (χ2v) is 11.6. The van der Waals surface area contributed by atoms with Crippen molar-refractivity contribution in [1.82, 2.24) is 0 Å². The molecule has 2 aliphatic rings. The van der Waals surface area contributed by atoms with Crippen molar-refractivity contribution in [2.75, 3.05) is 0 Å². The Kier molecular flexibility index (Phi) is 5.83. The quantitative estimate of drug-likeness (QED) is 0.224. The SMILES string of the molecule is Cc1ccc2c(oc3c(-c4ccc(C5CCCC6CCCCC65)cc4)c(F)ccc32)c1-c1cccc[n+]1C. The number of nitrogens with zero attached hydrogens (tertiary/aromatic N) is 1. The average Bonchev–Trinajstić information content (AvgIpc) is 3.32. The number of hydrogen-bond acceptors (Lipinski definition) is 1. The number of rotatable bonds is 3. The lowest BCUT2D eigenvalue weighted by atomic mass is 9.64. The topological polar surface area (TPSA) is 17.0 Å². The molecular formula is C35H35FNO+. The van der Waals surface area contributed by atoms with E-state index in [0.717, 1.165) is 50.6 Å². The van der Waals surface area contributed by atoms with Gasteiger partial charge in [0.1, 0.15) is 24.0 Å². The fourth-order valence-corrected chi connectivity index (χ4v) is 7.60. The van der Waals surface area contributed by atoms with Gasteiger partial charge in [-0.25, -0.2) is 8.96 Å². The maximum Gasteiger partial charge on any atom is 0.216 e. The van der Waals surface area contributed by atoms with Crippen LogP contribution in [0.15, 0.2) is 77.3 Å². The Balaban J connectivity index is 1.34. The van der Waals surface area contributed by atoms with Crippen molar-refractivity contribution in [2.45, 2.75) is 57.8 Å². The minimum Gasteiger partial charge on any atom is -0.454 e. The van der Waals surface area contributed by atoms with Gasteiger partial charge in [0.05, 0.1) is 11.1 Å². The molecule has 0 amide bonds. The lowest BCUT2D eigenvalue weighted by molar-refractivity contribution is -0.660. The highest BCUT2D eigenvalue weighted by atomic mass is 19.1. The van der Waals surface area contributed by atoms with Crippen LogP contribution in [-0.4, -0.2) is 0 Å². The van der Waals surface area contributed by atoms with Gasteiger partial charge in [-0.15, -0.1) is 0 Å². The van der Waals surface area contributed by atoms with E-state index in [4.69, 9.17) is 4.42 Å². The van der Waals surface area contributed by atoms with E-state index in [1.807, 2.05) is 31.4 Å². The van der Waals surface area contributed by atoms with Gasteiger partial charge >= 0.3 is 0 Å². The van der Waals surface area contributed by atoms with Crippen molar-refractivity contribution >= 4 is 21.9 Å². The summed E-state index contributed by atoms with van der Waals surface area (Å²) in [5.74, 6) is 2.12. The summed E-state index contributed by atoms with van der Waals surface area (Å²) in [5, 5.41) is 1.98. The minimum absolute atomic E-state index is 0.238. The van der Waals surface area contributed by atoms with Crippen LogP contribution in [0.25, 0.3) is 44.3 Å². The van der Waals surface area contributed by atoms with Gasteiger partial charge in [-0.05, 0) is 72.4 Å². The van der Waals surface area contributed by atoms with Crippen molar-refractivity contribution in [3.63, 3.8) is 0 Å².